The number of benzene rings is 1. The third-order valence-electron chi connectivity index (χ3n) is 4.00. The van der Waals surface area contributed by atoms with E-state index in [-0.39, 0.29) is 5.56 Å². The molecule has 25 heavy (non-hydrogen) atoms. The van der Waals surface area contributed by atoms with E-state index in [1.165, 1.54) is 11.3 Å². The van der Waals surface area contributed by atoms with Gasteiger partial charge in [0.15, 0.2) is 10.1 Å². The van der Waals surface area contributed by atoms with Gasteiger partial charge in [0, 0.05) is 18.0 Å². The quantitative estimate of drug-likeness (QED) is 0.456. The molecular weight excluding hydrogens is 352 g/mol. The van der Waals surface area contributed by atoms with Crippen molar-refractivity contribution in [1.82, 2.24) is 18.8 Å². The number of thioether (sulfide) groups is 1. The van der Waals surface area contributed by atoms with E-state index in [2.05, 4.69) is 9.97 Å². The van der Waals surface area contributed by atoms with E-state index in [4.69, 9.17) is 0 Å². The van der Waals surface area contributed by atoms with Crippen LogP contribution in [0.4, 0.5) is 0 Å². The highest BCUT2D eigenvalue weighted by atomic mass is 32.2. The van der Waals surface area contributed by atoms with Gasteiger partial charge in [-0.05, 0) is 24.3 Å². The molecule has 0 amide bonds. The summed E-state index contributed by atoms with van der Waals surface area (Å²) in [6.07, 6.45) is 3.84. The number of para-hydroxylation sites is 1. The molecule has 0 bridgehead atoms. The van der Waals surface area contributed by atoms with Crippen LogP contribution in [-0.4, -0.2) is 18.8 Å². The zero-order valence-corrected chi connectivity index (χ0v) is 14.6. The van der Waals surface area contributed by atoms with Crippen molar-refractivity contribution in [2.75, 3.05) is 0 Å². The second kappa shape index (κ2) is 5.72. The van der Waals surface area contributed by atoms with Crippen LogP contribution in [-0.2, 0) is 5.75 Å². The fraction of sp³-hybridized carbons (Fsp3) is 0.0556. The molecule has 1 aromatic carbocycles. The Bertz CT molecular complexity index is 1280. The largest absolute Gasteiger partial charge is 0.295 e. The van der Waals surface area contributed by atoms with Crippen LogP contribution in [0.15, 0.2) is 70.9 Å². The van der Waals surface area contributed by atoms with Gasteiger partial charge in [-0.3, -0.25) is 13.6 Å². The number of fused-ring (bicyclic) bond motifs is 4. The van der Waals surface area contributed by atoms with Crippen LogP contribution >= 0.6 is 23.1 Å². The Morgan fingerprint density at radius 1 is 1.12 bits per heavy atom. The minimum Gasteiger partial charge on any atom is -0.295 e. The summed E-state index contributed by atoms with van der Waals surface area (Å²) in [6.45, 7) is 0. The summed E-state index contributed by atoms with van der Waals surface area (Å²) in [4.78, 5) is 22.4. The summed E-state index contributed by atoms with van der Waals surface area (Å²) in [5.41, 5.74) is 2.71. The van der Waals surface area contributed by atoms with E-state index in [1.54, 1.807) is 22.2 Å². The van der Waals surface area contributed by atoms with E-state index >= 15 is 0 Å². The first kappa shape index (κ1) is 14.7. The lowest BCUT2D eigenvalue weighted by Crippen LogP contribution is -2.13. The number of rotatable bonds is 3. The molecule has 0 saturated heterocycles. The monoisotopic (exact) mass is 364 g/mol. The zero-order chi connectivity index (χ0) is 16.8. The van der Waals surface area contributed by atoms with Gasteiger partial charge in [-0.15, -0.1) is 0 Å². The molecule has 0 aliphatic rings. The summed E-state index contributed by atoms with van der Waals surface area (Å²) in [7, 11) is 0. The number of hydrogen-bond acceptors (Lipinski definition) is 5. The molecule has 0 radical (unpaired) electrons. The van der Waals surface area contributed by atoms with Crippen molar-refractivity contribution in [3.05, 3.63) is 77.0 Å². The fourth-order valence-corrected chi connectivity index (χ4v) is 4.77. The van der Waals surface area contributed by atoms with E-state index in [0.29, 0.717) is 5.75 Å². The lowest BCUT2D eigenvalue weighted by molar-refractivity contribution is 0.955. The Morgan fingerprint density at radius 3 is 2.96 bits per heavy atom. The molecule has 5 rings (SSSR count). The maximum absolute atomic E-state index is 12.5. The summed E-state index contributed by atoms with van der Waals surface area (Å²) < 4.78 is 4.78. The molecule has 7 heteroatoms. The molecule has 0 aliphatic heterocycles. The standard InChI is InChI=1S/C18H12N4OS2/c23-16-9-12(11-24-17-19-10-13-5-3-4-8-21(13)17)20-18-22(16)14-6-1-2-7-15(14)25-18/h1-10H,11H2. The predicted octanol–water partition coefficient (Wildman–Crippen LogP) is 3.85. The van der Waals surface area contributed by atoms with Crippen molar-refractivity contribution in [2.45, 2.75) is 10.9 Å². The SMILES string of the molecule is O=c1cc(CSc2ncc3ccccn23)nc2sc3ccccc3n12. The number of imidazole rings is 1. The first-order valence-electron chi connectivity index (χ1n) is 7.75. The average molecular weight is 364 g/mol. The molecule has 0 fully saturated rings. The van der Waals surface area contributed by atoms with Gasteiger partial charge in [-0.25, -0.2) is 9.97 Å². The Balaban J connectivity index is 1.53. The highest BCUT2D eigenvalue weighted by Gasteiger charge is 2.10. The number of nitrogens with zero attached hydrogens (tertiary/aromatic N) is 4. The van der Waals surface area contributed by atoms with Crippen molar-refractivity contribution in [1.29, 1.82) is 0 Å². The summed E-state index contributed by atoms with van der Waals surface area (Å²) in [5.74, 6) is 0.605. The second-order valence-corrected chi connectivity index (χ2v) is 7.55. The average Bonchev–Trinajstić information content (AvgIpc) is 3.21. The van der Waals surface area contributed by atoms with Gasteiger partial charge in [-0.1, -0.05) is 41.3 Å². The van der Waals surface area contributed by atoms with Gasteiger partial charge in [0.2, 0.25) is 0 Å². The van der Waals surface area contributed by atoms with Crippen LogP contribution in [0, 0.1) is 0 Å². The second-order valence-electron chi connectivity index (χ2n) is 5.60. The van der Waals surface area contributed by atoms with Crippen LogP contribution in [0.25, 0.3) is 20.7 Å². The summed E-state index contributed by atoms with van der Waals surface area (Å²) in [5, 5.41) is 0.897. The lowest BCUT2D eigenvalue weighted by atomic mass is 10.3. The fourth-order valence-electron chi connectivity index (χ4n) is 2.86. The van der Waals surface area contributed by atoms with Crippen LogP contribution in [0.2, 0.25) is 0 Å². The van der Waals surface area contributed by atoms with Crippen LogP contribution < -0.4 is 5.56 Å². The topological polar surface area (TPSA) is 51.7 Å². The first-order chi connectivity index (χ1) is 12.3. The number of hydrogen-bond donors (Lipinski definition) is 0. The van der Waals surface area contributed by atoms with Crippen molar-refractivity contribution in [3.63, 3.8) is 0 Å². The maximum Gasteiger partial charge on any atom is 0.259 e. The third kappa shape index (κ3) is 2.43. The first-order valence-corrected chi connectivity index (χ1v) is 9.55. The Kier molecular flexibility index (Phi) is 3.36. The minimum atomic E-state index is -0.0361. The Labute approximate surface area is 150 Å². The Hall–Kier alpha value is -2.64. The van der Waals surface area contributed by atoms with Gasteiger partial charge in [0.05, 0.1) is 27.6 Å². The molecule has 4 heterocycles. The Morgan fingerprint density at radius 2 is 2.00 bits per heavy atom. The zero-order valence-electron chi connectivity index (χ0n) is 13.0. The highest BCUT2D eigenvalue weighted by molar-refractivity contribution is 7.98. The molecule has 0 unspecified atom stereocenters. The highest BCUT2D eigenvalue weighted by Crippen LogP contribution is 2.25. The van der Waals surface area contributed by atoms with Gasteiger partial charge >= 0.3 is 0 Å². The van der Waals surface area contributed by atoms with E-state index < -0.39 is 0 Å². The van der Waals surface area contributed by atoms with Crippen LogP contribution in [0.3, 0.4) is 0 Å². The van der Waals surface area contributed by atoms with Gasteiger partial charge in [0.1, 0.15) is 0 Å². The summed E-state index contributed by atoms with van der Waals surface area (Å²) >= 11 is 3.12. The molecule has 4 aromatic heterocycles. The molecule has 5 aromatic rings. The van der Waals surface area contributed by atoms with Crippen molar-refractivity contribution < 1.29 is 0 Å². The molecule has 0 aliphatic carbocycles. The van der Waals surface area contributed by atoms with Crippen LogP contribution in [0.5, 0.6) is 0 Å². The van der Waals surface area contributed by atoms with Crippen LogP contribution in [0.1, 0.15) is 5.69 Å². The van der Waals surface area contributed by atoms with E-state index in [9.17, 15) is 4.79 Å². The maximum atomic E-state index is 12.5. The molecule has 122 valence electrons. The van der Waals surface area contributed by atoms with Crippen molar-refractivity contribution in [3.8, 4) is 0 Å². The molecule has 0 spiro atoms. The smallest absolute Gasteiger partial charge is 0.259 e. The lowest BCUT2D eigenvalue weighted by Gasteiger charge is -2.02. The number of pyridine rings is 1. The number of aromatic nitrogens is 4. The molecule has 0 atom stereocenters. The van der Waals surface area contributed by atoms with Gasteiger partial charge < -0.3 is 0 Å². The normalized spacial score (nSPS) is 11.7. The molecular formula is C18H12N4OS2. The van der Waals surface area contributed by atoms with E-state index in [0.717, 1.165) is 31.5 Å². The van der Waals surface area contributed by atoms with Crippen molar-refractivity contribution >= 4 is 43.8 Å². The third-order valence-corrected chi connectivity index (χ3v) is 6.02. The van der Waals surface area contributed by atoms with E-state index in [1.807, 2.05) is 59.3 Å². The molecule has 0 saturated carbocycles. The number of thiazole rings is 1. The molecule has 5 nitrogen and oxygen atoms in total. The minimum absolute atomic E-state index is 0.0361. The summed E-state index contributed by atoms with van der Waals surface area (Å²) in [6, 6.07) is 15.5. The molecule has 0 N–H and O–H groups in total. The van der Waals surface area contributed by atoms with Gasteiger partial charge in [-0.2, -0.15) is 0 Å². The van der Waals surface area contributed by atoms with Crippen molar-refractivity contribution in [2.24, 2.45) is 0 Å². The van der Waals surface area contributed by atoms with Gasteiger partial charge in [0.25, 0.3) is 5.56 Å². The predicted molar refractivity (Wildman–Crippen MR) is 102 cm³/mol.